The molecule has 1 fully saturated rings. The highest BCUT2D eigenvalue weighted by Crippen LogP contribution is 2.34. The summed E-state index contributed by atoms with van der Waals surface area (Å²) in [4.78, 5) is 18.7. The molecule has 3 heterocycles. The lowest BCUT2D eigenvalue weighted by molar-refractivity contribution is -0.123. The fraction of sp³-hybridized carbons (Fsp3) is 0.478. The van der Waals surface area contributed by atoms with Crippen LogP contribution in [0.5, 0.6) is 11.6 Å². The Kier molecular flexibility index (Phi) is 6.50. The van der Waals surface area contributed by atoms with Crippen molar-refractivity contribution in [3.05, 3.63) is 53.7 Å². The van der Waals surface area contributed by atoms with Crippen LogP contribution in [-0.4, -0.2) is 54.6 Å². The van der Waals surface area contributed by atoms with E-state index >= 15 is 0 Å². The number of ether oxygens (including phenoxy) is 2. The number of piperidine rings is 1. The highest BCUT2D eigenvalue weighted by Gasteiger charge is 2.24. The number of benzene rings is 1. The van der Waals surface area contributed by atoms with Crippen LogP contribution in [-0.2, 0) is 11.3 Å². The summed E-state index contributed by atoms with van der Waals surface area (Å²) in [6.45, 7) is 5.27. The highest BCUT2D eigenvalue weighted by molar-refractivity contribution is 5.81. The highest BCUT2D eigenvalue weighted by atomic mass is 16.6. The van der Waals surface area contributed by atoms with Crippen LogP contribution in [0, 0.1) is 0 Å². The molecular weight excluding hydrogens is 380 g/mol. The standard InChI is InChI=1S/C23H30N4O3/c1-16(24-2)22(28)26-19-9-12-27(13-10-19)14-17-5-7-18(8-6-17)21-15-29-20-4-3-11-25-23(20)30-21/h3-8,11,16,19,21,24H,9-10,12-15H2,1-2H3,(H,26,28)/t16-,21+/m0/s1. The van der Waals surface area contributed by atoms with Gasteiger partial charge in [-0.1, -0.05) is 24.3 Å². The summed E-state index contributed by atoms with van der Waals surface area (Å²) in [5, 5.41) is 6.13. The van der Waals surface area contributed by atoms with E-state index in [0.717, 1.165) is 38.0 Å². The molecule has 1 aromatic carbocycles. The number of rotatable bonds is 6. The van der Waals surface area contributed by atoms with Gasteiger partial charge in [-0.15, -0.1) is 0 Å². The summed E-state index contributed by atoms with van der Waals surface area (Å²) in [6, 6.07) is 12.4. The van der Waals surface area contributed by atoms with Crippen LogP contribution in [0.1, 0.15) is 37.0 Å². The number of pyridine rings is 1. The smallest absolute Gasteiger partial charge is 0.257 e. The Balaban J connectivity index is 1.26. The Labute approximate surface area is 177 Å². The summed E-state index contributed by atoms with van der Waals surface area (Å²) >= 11 is 0. The summed E-state index contributed by atoms with van der Waals surface area (Å²) < 4.78 is 11.8. The number of aromatic nitrogens is 1. The average molecular weight is 411 g/mol. The molecule has 1 aromatic heterocycles. The Morgan fingerprint density at radius 3 is 2.73 bits per heavy atom. The Morgan fingerprint density at radius 2 is 2.00 bits per heavy atom. The first-order valence-electron chi connectivity index (χ1n) is 10.7. The molecule has 7 nitrogen and oxygen atoms in total. The molecule has 2 N–H and O–H groups in total. The molecule has 0 radical (unpaired) electrons. The fourth-order valence-electron chi connectivity index (χ4n) is 3.86. The molecule has 160 valence electrons. The number of hydrogen-bond acceptors (Lipinski definition) is 6. The van der Waals surface area contributed by atoms with Crippen LogP contribution < -0.4 is 20.1 Å². The van der Waals surface area contributed by atoms with Gasteiger partial charge in [0.2, 0.25) is 5.91 Å². The Hall–Kier alpha value is -2.64. The first-order valence-corrected chi connectivity index (χ1v) is 10.7. The number of likely N-dealkylation sites (N-methyl/N-ethyl adjacent to an activating group) is 1. The SMILES string of the molecule is CN[C@@H](C)C(=O)NC1CCN(Cc2ccc([C@H]3COc4cccnc4O3)cc2)CC1. The van der Waals surface area contributed by atoms with E-state index in [2.05, 4.69) is 44.8 Å². The number of likely N-dealkylation sites (tertiary alicyclic amines) is 1. The molecule has 0 bridgehead atoms. The molecule has 0 spiro atoms. The predicted octanol–water partition coefficient (Wildman–Crippen LogP) is 2.28. The molecule has 2 aliphatic heterocycles. The van der Waals surface area contributed by atoms with Gasteiger partial charge >= 0.3 is 0 Å². The van der Waals surface area contributed by atoms with Crippen molar-refractivity contribution in [2.45, 2.75) is 44.5 Å². The molecule has 7 heteroatoms. The summed E-state index contributed by atoms with van der Waals surface area (Å²) in [7, 11) is 1.81. The number of amides is 1. The molecular formula is C23H30N4O3. The van der Waals surface area contributed by atoms with Gasteiger partial charge in [0, 0.05) is 31.9 Å². The number of fused-ring (bicyclic) bond motifs is 1. The fourth-order valence-corrected chi connectivity index (χ4v) is 3.86. The van der Waals surface area contributed by atoms with Crippen molar-refractivity contribution >= 4 is 5.91 Å². The van der Waals surface area contributed by atoms with E-state index in [1.54, 1.807) is 13.2 Å². The molecule has 1 saturated heterocycles. The van der Waals surface area contributed by atoms with Crippen molar-refractivity contribution in [1.82, 2.24) is 20.5 Å². The third kappa shape index (κ3) is 4.91. The molecule has 0 saturated carbocycles. The lowest BCUT2D eigenvalue weighted by Crippen LogP contribution is -2.49. The van der Waals surface area contributed by atoms with Crippen molar-refractivity contribution in [2.24, 2.45) is 0 Å². The lowest BCUT2D eigenvalue weighted by atomic mass is 10.0. The van der Waals surface area contributed by atoms with Gasteiger partial charge in [-0.05, 0) is 50.1 Å². The van der Waals surface area contributed by atoms with Gasteiger partial charge in [-0.3, -0.25) is 9.69 Å². The second kappa shape index (κ2) is 9.45. The zero-order valence-electron chi connectivity index (χ0n) is 17.6. The van der Waals surface area contributed by atoms with Crippen LogP contribution in [0.3, 0.4) is 0 Å². The van der Waals surface area contributed by atoms with Crippen LogP contribution in [0.25, 0.3) is 0 Å². The van der Waals surface area contributed by atoms with Gasteiger partial charge in [-0.2, -0.15) is 0 Å². The minimum absolute atomic E-state index is 0.0817. The second-order valence-corrected chi connectivity index (χ2v) is 8.04. The molecule has 0 unspecified atom stereocenters. The number of carbonyl (C=O) groups is 1. The van der Waals surface area contributed by atoms with Crippen molar-refractivity contribution < 1.29 is 14.3 Å². The van der Waals surface area contributed by atoms with Gasteiger partial charge in [-0.25, -0.2) is 4.98 Å². The minimum Gasteiger partial charge on any atom is -0.484 e. The maximum atomic E-state index is 12.0. The van der Waals surface area contributed by atoms with E-state index in [1.807, 2.05) is 19.1 Å². The molecule has 2 aromatic rings. The third-order valence-electron chi connectivity index (χ3n) is 5.90. The van der Waals surface area contributed by atoms with Gasteiger partial charge in [0.05, 0.1) is 6.04 Å². The van der Waals surface area contributed by atoms with E-state index < -0.39 is 0 Å². The molecule has 2 atom stereocenters. The maximum absolute atomic E-state index is 12.0. The van der Waals surface area contributed by atoms with E-state index in [-0.39, 0.29) is 24.1 Å². The van der Waals surface area contributed by atoms with Crippen molar-refractivity contribution in [3.8, 4) is 11.6 Å². The molecule has 0 aliphatic carbocycles. The summed E-state index contributed by atoms with van der Waals surface area (Å²) in [5.74, 6) is 1.33. The average Bonchev–Trinajstić information content (AvgIpc) is 2.80. The number of carbonyl (C=O) groups excluding carboxylic acids is 1. The van der Waals surface area contributed by atoms with Crippen LogP contribution in [0.4, 0.5) is 0 Å². The largest absolute Gasteiger partial charge is 0.484 e. The maximum Gasteiger partial charge on any atom is 0.257 e. The van der Waals surface area contributed by atoms with Crippen molar-refractivity contribution in [1.29, 1.82) is 0 Å². The summed E-state index contributed by atoms with van der Waals surface area (Å²) in [5.41, 5.74) is 2.37. The van der Waals surface area contributed by atoms with Crippen LogP contribution >= 0.6 is 0 Å². The molecule has 30 heavy (non-hydrogen) atoms. The number of hydrogen-bond donors (Lipinski definition) is 2. The Bertz CT molecular complexity index is 850. The first-order chi connectivity index (χ1) is 14.6. The molecule has 1 amide bonds. The number of nitrogens with zero attached hydrogens (tertiary/aromatic N) is 2. The topological polar surface area (TPSA) is 75.7 Å². The van der Waals surface area contributed by atoms with E-state index in [9.17, 15) is 4.79 Å². The zero-order valence-corrected chi connectivity index (χ0v) is 17.6. The first kappa shape index (κ1) is 20.6. The quantitative estimate of drug-likeness (QED) is 0.761. The molecule has 2 aliphatic rings. The Morgan fingerprint density at radius 1 is 1.23 bits per heavy atom. The summed E-state index contributed by atoms with van der Waals surface area (Å²) in [6.07, 6.45) is 3.55. The monoisotopic (exact) mass is 410 g/mol. The van der Waals surface area contributed by atoms with Crippen molar-refractivity contribution in [2.75, 3.05) is 26.7 Å². The second-order valence-electron chi connectivity index (χ2n) is 8.04. The van der Waals surface area contributed by atoms with Gasteiger partial charge in [0.15, 0.2) is 11.9 Å². The van der Waals surface area contributed by atoms with Crippen LogP contribution in [0.2, 0.25) is 0 Å². The number of nitrogens with one attached hydrogen (secondary N) is 2. The van der Waals surface area contributed by atoms with Gasteiger partial charge in [0.25, 0.3) is 5.88 Å². The van der Waals surface area contributed by atoms with Gasteiger partial charge in [0.1, 0.15) is 6.61 Å². The van der Waals surface area contributed by atoms with Crippen molar-refractivity contribution in [3.63, 3.8) is 0 Å². The van der Waals surface area contributed by atoms with Crippen LogP contribution in [0.15, 0.2) is 42.6 Å². The lowest BCUT2D eigenvalue weighted by Gasteiger charge is -2.33. The minimum atomic E-state index is -0.149. The zero-order chi connectivity index (χ0) is 20.9. The predicted molar refractivity (Wildman–Crippen MR) is 115 cm³/mol. The normalized spacial score (nSPS) is 20.5. The van der Waals surface area contributed by atoms with E-state index in [0.29, 0.717) is 18.2 Å². The van der Waals surface area contributed by atoms with E-state index in [4.69, 9.17) is 9.47 Å². The van der Waals surface area contributed by atoms with Gasteiger partial charge < -0.3 is 20.1 Å². The third-order valence-corrected chi connectivity index (χ3v) is 5.90. The van der Waals surface area contributed by atoms with E-state index in [1.165, 1.54) is 5.56 Å². The molecule has 4 rings (SSSR count).